The topological polar surface area (TPSA) is 40.4 Å². The number of aromatic amines is 2. The minimum Gasteiger partial charge on any atom is -0.353 e. The van der Waals surface area contributed by atoms with Gasteiger partial charge >= 0.3 is 0 Å². The number of nitrogens with one attached hydrogen (secondary N) is 2. The lowest BCUT2D eigenvalue weighted by Crippen LogP contribution is -1.88. The van der Waals surface area contributed by atoms with Crippen LogP contribution in [0.4, 0.5) is 0 Å². The van der Waals surface area contributed by atoms with Crippen LogP contribution in [0.25, 0.3) is 88.3 Å². The number of nitrogens with zero attached hydrogens (tertiary/aromatic N) is 2. The van der Waals surface area contributed by atoms with Crippen molar-refractivity contribution in [3.05, 3.63) is 146 Å². The summed E-state index contributed by atoms with van der Waals surface area (Å²) in [5, 5.41) is 5.00. The van der Waals surface area contributed by atoms with Crippen LogP contribution in [0.3, 0.4) is 0 Å². The van der Waals surface area contributed by atoms with E-state index in [4.69, 9.17) is 0 Å². The first kappa shape index (κ1) is 23.6. The van der Waals surface area contributed by atoms with Crippen LogP contribution in [0.2, 0.25) is 0 Å². The summed E-state index contributed by atoms with van der Waals surface area (Å²) in [6, 6.07) is 47.9. The maximum absolute atomic E-state index is 3.77. The Morgan fingerprint density at radius 1 is 0.386 bits per heavy atom. The second-order valence-electron chi connectivity index (χ2n) is 11.6. The van der Waals surface area contributed by atoms with Crippen LogP contribution in [0, 0.1) is 0 Å². The molecule has 0 aliphatic heterocycles. The first-order valence-corrected chi connectivity index (χ1v) is 15.0. The molecule has 0 atom stereocenters. The normalized spacial score (nSPS) is 12.1. The van der Waals surface area contributed by atoms with Crippen LogP contribution >= 0.6 is 0 Å². The Kier molecular flexibility index (Phi) is 4.69. The summed E-state index contributed by atoms with van der Waals surface area (Å²) in [4.78, 5) is 7.55. The Morgan fingerprint density at radius 3 is 1.27 bits per heavy atom. The molecule has 2 N–H and O–H groups in total. The van der Waals surface area contributed by atoms with E-state index in [0.717, 1.165) is 11.0 Å². The fourth-order valence-corrected chi connectivity index (χ4v) is 7.31. The highest BCUT2D eigenvalue weighted by Crippen LogP contribution is 2.42. The number of benzene rings is 4. The van der Waals surface area contributed by atoms with Crippen molar-refractivity contribution in [1.82, 2.24) is 18.8 Å². The number of fused-ring (bicyclic) bond motifs is 10. The van der Waals surface area contributed by atoms with Gasteiger partial charge in [0.1, 0.15) is 0 Å². The van der Waals surface area contributed by atoms with E-state index in [1.165, 1.54) is 77.3 Å². The number of rotatable bonds is 3. The van der Waals surface area contributed by atoms with Crippen molar-refractivity contribution < 1.29 is 0 Å². The lowest BCUT2D eigenvalue weighted by Gasteiger charge is -2.06. The first-order chi connectivity index (χ1) is 21.8. The monoisotopic (exact) mass is 562 g/mol. The van der Waals surface area contributed by atoms with E-state index < -0.39 is 0 Å². The van der Waals surface area contributed by atoms with Crippen molar-refractivity contribution in [3.8, 4) is 33.6 Å². The molecule has 0 unspecified atom stereocenters. The highest BCUT2D eigenvalue weighted by Gasteiger charge is 2.20. The lowest BCUT2D eigenvalue weighted by molar-refractivity contribution is 1.21. The van der Waals surface area contributed by atoms with E-state index in [1.807, 2.05) is 0 Å². The Hall–Kier alpha value is -6.00. The van der Waals surface area contributed by atoms with Gasteiger partial charge in [0.2, 0.25) is 0 Å². The molecule has 0 aliphatic carbocycles. The fraction of sp³-hybridized carbons (Fsp3) is 0. The largest absolute Gasteiger partial charge is 0.353 e. The minimum absolute atomic E-state index is 1.15. The fourth-order valence-electron chi connectivity index (χ4n) is 7.31. The highest BCUT2D eigenvalue weighted by atomic mass is 14.9. The molecule has 6 heterocycles. The SMILES string of the molecule is c1ccc(-c2c3[nH]c4ccc(-c5ccc6[nH]c7c(-c8ccccc8)n8ccccc8c7c6c5)cc4c3c3ccccn23)cc1. The molecular weight excluding hydrogens is 536 g/mol. The summed E-state index contributed by atoms with van der Waals surface area (Å²) in [6.07, 6.45) is 4.33. The molecule has 0 amide bonds. The van der Waals surface area contributed by atoms with Gasteiger partial charge in [0.05, 0.1) is 33.5 Å². The Bertz CT molecular complexity index is 2510. The van der Waals surface area contributed by atoms with Gasteiger partial charge in [0, 0.05) is 56.1 Å². The van der Waals surface area contributed by atoms with E-state index in [0.29, 0.717) is 0 Å². The number of hydrogen-bond donors (Lipinski definition) is 2. The van der Waals surface area contributed by atoms with Gasteiger partial charge < -0.3 is 18.8 Å². The third kappa shape index (κ3) is 3.17. The molecule has 0 radical (unpaired) electrons. The number of pyridine rings is 2. The highest BCUT2D eigenvalue weighted by molar-refractivity contribution is 6.22. The summed E-state index contributed by atoms with van der Waals surface area (Å²) in [6.45, 7) is 0. The second kappa shape index (κ2) is 8.76. The van der Waals surface area contributed by atoms with Crippen molar-refractivity contribution in [2.45, 2.75) is 0 Å². The molecule has 10 aromatic rings. The summed E-state index contributed by atoms with van der Waals surface area (Å²) in [7, 11) is 0. The van der Waals surface area contributed by atoms with Crippen LogP contribution in [-0.2, 0) is 0 Å². The molecule has 206 valence electrons. The summed E-state index contributed by atoms with van der Waals surface area (Å²) in [5.41, 5.74) is 14.3. The van der Waals surface area contributed by atoms with E-state index in [9.17, 15) is 0 Å². The molecule has 6 aromatic heterocycles. The quantitative estimate of drug-likeness (QED) is 0.215. The predicted octanol–water partition coefficient (Wildman–Crippen LogP) is 10.5. The van der Waals surface area contributed by atoms with E-state index in [1.54, 1.807) is 0 Å². The average Bonchev–Trinajstić information content (AvgIpc) is 3.81. The van der Waals surface area contributed by atoms with Crippen molar-refractivity contribution in [1.29, 1.82) is 0 Å². The molecule has 0 fully saturated rings. The maximum atomic E-state index is 3.77. The zero-order valence-electron chi connectivity index (χ0n) is 23.8. The molecule has 0 saturated carbocycles. The Balaban J connectivity index is 1.22. The Morgan fingerprint density at radius 2 is 0.818 bits per heavy atom. The summed E-state index contributed by atoms with van der Waals surface area (Å²) in [5.74, 6) is 0. The second-order valence-corrected chi connectivity index (χ2v) is 11.6. The van der Waals surface area contributed by atoms with Crippen LogP contribution < -0.4 is 0 Å². The molecule has 0 bridgehead atoms. The molecule has 4 nitrogen and oxygen atoms in total. The van der Waals surface area contributed by atoms with Gasteiger partial charge in [-0.2, -0.15) is 0 Å². The van der Waals surface area contributed by atoms with E-state index in [-0.39, 0.29) is 0 Å². The predicted molar refractivity (Wildman–Crippen MR) is 183 cm³/mol. The van der Waals surface area contributed by atoms with Gasteiger partial charge in [-0.25, -0.2) is 0 Å². The van der Waals surface area contributed by atoms with Gasteiger partial charge in [-0.15, -0.1) is 0 Å². The number of H-pyrrole nitrogens is 2. The van der Waals surface area contributed by atoms with Gasteiger partial charge in [0.25, 0.3) is 0 Å². The smallest absolute Gasteiger partial charge is 0.0772 e. The summed E-state index contributed by atoms with van der Waals surface area (Å²) < 4.78 is 4.63. The zero-order valence-corrected chi connectivity index (χ0v) is 23.8. The molecule has 4 aromatic carbocycles. The molecular formula is C40H26N4. The number of aromatic nitrogens is 4. The van der Waals surface area contributed by atoms with Gasteiger partial charge in [0.15, 0.2) is 0 Å². The third-order valence-corrected chi connectivity index (χ3v) is 9.21. The molecule has 0 aliphatic rings. The lowest BCUT2D eigenvalue weighted by atomic mass is 10.0. The molecule has 0 saturated heterocycles. The van der Waals surface area contributed by atoms with Crippen molar-refractivity contribution in [2.24, 2.45) is 0 Å². The standard InChI is InChI=1S/C40H26N4/c1-3-11-25(12-4-1)39-37-35(33-15-7-9-21-43(33)39)29-23-27(17-19-31(29)41-37)28-18-20-32-30(24-28)36-34-16-8-10-22-44(34)40(38(36)42-32)26-13-5-2-6-14-26/h1-24,41-42H. The van der Waals surface area contributed by atoms with Gasteiger partial charge in [-0.1, -0.05) is 84.9 Å². The molecule has 4 heteroatoms. The van der Waals surface area contributed by atoms with Gasteiger partial charge in [-0.3, -0.25) is 0 Å². The van der Waals surface area contributed by atoms with Crippen LogP contribution in [0.1, 0.15) is 0 Å². The molecule has 44 heavy (non-hydrogen) atoms. The zero-order chi connectivity index (χ0) is 28.8. The van der Waals surface area contributed by atoms with Crippen molar-refractivity contribution >= 4 is 54.6 Å². The Labute approximate surface area is 252 Å². The summed E-state index contributed by atoms with van der Waals surface area (Å²) >= 11 is 0. The molecule has 10 rings (SSSR count). The van der Waals surface area contributed by atoms with Crippen LogP contribution in [-0.4, -0.2) is 18.8 Å². The minimum atomic E-state index is 1.15. The van der Waals surface area contributed by atoms with Gasteiger partial charge in [-0.05, 0) is 59.7 Å². The van der Waals surface area contributed by atoms with Crippen LogP contribution in [0.15, 0.2) is 146 Å². The van der Waals surface area contributed by atoms with E-state index >= 15 is 0 Å². The first-order valence-electron chi connectivity index (χ1n) is 15.0. The number of hydrogen-bond acceptors (Lipinski definition) is 0. The third-order valence-electron chi connectivity index (χ3n) is 9.21. The molecule has 0 spiro atoms. The van der Waals surface area contributed by atoms with Crippen molar-refractivity contribution in [2.75, 3.05) is 0 Å². The maximum Gasteiger partial charge on any atom is 0.0772 e. The van der Waals surface area contributed by atoms with Crippen LogP contribution in [0.5, 0.6) is 0 Å². The van der Waals surface area contributed by atoms with Crippen molar-refractivity contribution in [3.63, 3.8) is 0 Å². The average molecular weight is 563 g/mol. The van der Waals surface area contributed by atoms with E-state index in [2.05, 4.69) is 165 Å².